The molecule has 0 aliphatic carbocycles. The average Bonchev–Trinajstić information content (AvgIpc) is 2.10. The molecule has 0 aromatic carbocycles. The molecule has 0 aliphatic heterocycles. The quantitative estimate of drug-likeness (QED) is 0.466. The summed E-state index contributed by atoms with van der Waals surface area (Å²) in [6, 6.07) is -0.265. The Labute approximate surface area is 79.3 Å². The summed E-state index contributed by atoms with van der Waals surface area (Å²) < 4.78 is 4.54. The second-order valence-corrected chi connectivity index (χ2v) is 3.19. The fourth-order valence-electron chi connectivity index (χ4n) is 0.976. The van der Waals surface area contributed by atoms with Gasteiger partial charge in [-0.05, 0) is 33.2 Å². The molecule has 0 aromatic heterocycles. The topological polar surface area (TPSA) is 58.6 Å². The number of nitrogens with one attached hydrogen (secondary N) is 1. The van der Waals surface area contributed by atoms with Crippen molar-refractivity contribution in [1.82, 2.24) is 5.32 Å². The Hall–Kier alpha value is -0.610. The van der Waals surface area contributed by atoms with Crippen LogP contribution in [0.15, 0.2) is 0 Å². The number of aliphatic hydroxyl groups is 1. The molecule has 13 heavy (non-hydrogen) atoms. The Balaban J connectivity index is 3.37. The highest BCUT2D eigenvalue weighted by Gasteiger charge is 2.10. The molecule has 4 nitrogen and oxygen atoms in total. The lowest BCUT2D eigenvalue weighted by Crippen LogP contribution is -2.35. The van der Waals surface area contributed by atoms with Crippen LogP contribution in [0.1, 0.15) is 26.7 Å². The van der Waals surface area contributed by atoms with Gasteiger partial charge in [0, 0.05) is 0 Å². The third kappa shape index (κ3) is 6.54. The minimum absolute atomic E-state index is 0.253. The molecule has 2 N–H and O–H groups in total. The Kier molecular flexibility index (Phi) is 6.54. The van der Waals surface area contributed by atoms with E-state index in [1.807, 2.05) is 0 Å². The van der Waals surface area contributed by atoms with Crippen molar-refractivity contribution in [3.8, 4) is 0 Å². The van der Waals surface area contributed by atoms with E-state index in [9.17, 15) is 4.79 Å². The third-order valence-electron chi connectivity index (χ3n) is 1.80. The minimum Gasteiger partial charge on any atom is -0.468 e. The summed E-state index contributed by atoms with van der Waals surface area (Å²) in [5.74, 6) is -0.253. The summed E-state index contributed by atoms with van der Waals surface area (Å²) in [6.07, 6.45) is 1.34. The second-order valence-electron chi connectivity index (χ2n) is 3.19. The molecule has 78 valence electrons. The molecule has 2 unspecified atom stereocenters. The van der Waals surface area contributed by atoms with Gasteiger partial charge in [0.1, 0.15) is 6.04 Å². The van der Waals surface area contributed by atoms with E-state index in [1.165, 1.54) is 7.11 Å². The van der Waals surface area contributed by atoms with E-state index in [2.05, 4.69) is 10.1 Å². The van der Waals surface area contributed by atoms with Crippen LogP contribution in [-0.2, 0) is 9.53 Å². The standard InChI is InChI=1S/C9H19NO3/c1-7(11)5-4-6-10-8(2)9(12)13-3/h7-8,10-11H,4-6H2,1-3H3. The van der Waals surface area contributed by atoms with E-state index in [-0.39, 0.29) is 18.1 Å². The van der Waals surface area contributed by atoms with Crippen LogP contribution in [0.4, 0.5) is 0 Å². The van der Waals surface area contributed by atoms with Crippen molar-refractivity contribution < 1.29 is 14.6 Å². The van der Waals surface area contributed by atoms with Crippen molar-refractivity contribution in [2.45, 2.75) is 38.8 Å². The molecule has 0 saturated heterocycles. The number of methoxy groups -OCH3 is 1. The normalized spacial score (nSPS) is 15.1. The summed E-state index contributed by atoms with van der Waals surface area (Å²) in [5.41, 5.74) is 0. The monoisotopic (exact) mass is 189 g/mol. The SMILES string of the molecule is COC(=O)C(C)NCCCC(C)O. The summed E-state index contributed by atoms with van der Waals surface area (Å²) >= 11 is 0. The molecule has 2 atom stereocenters. The Morgan fingerprint density at radius 2 is 2.15 bits per heavy atom. The summed E-state index contributed by atoms with van der Waals surface area (Å²) in [4.78, 5) is 10.9. The zero-order chi connectivity index (χ0) is 10.3. The molecule has 0 rings (SSSR count). The van der Waals surface area contributed by atoms with Gasteiger partial charge in [-0.25, -0.2) is 0 Å². The number of hydrogen-bond acceptors (Lipinski definition) is 4. The summed E-state index contributed by atoms with van der Waals surface area (Å²) in [5, 5.41) is 12.0. The maximum absolute atomic E-state index is 10.9. The van der Waals surface area contributed by atoms with E-state index < -0.39 is 0 Å². The molecule has 0 aromatic rings. The largest absolute Gasteiger partial charge is 0.468 e. The zero-order valence-corrected chi connectivity index (χ0v) is 8.54. The first-order valence-electron chi connectivity index (χ1n) is 4.57. The third-order valence-corrected chi connectivity index (χ3v) is 1.80. The molecule has 0 radical (unpaired) electrons. The van der Waals surface area contributed by atoms with Gasteiger partial charge in [-0.3, -0.25) is 4.79 Å². The maximum atomic E-state index is 10.9. The van der Waals surface area contributed by atoms with Crippen molar-refractivity contribution in [2.75, 3.05) is 13.7 Å². The number of ether oxygens (including phenoxy) is 1. The number of carbonyl (C=O) groups is 1. The summed E-state index contributed by atoms with van der Waals surface area (Å²) in [7, 11) is 1.37. The van der Waals surface area contributed by atoms with Gasteiger partial charge in [-0.2, -0.15) is 0 Å². The van der Waals surface area contributed by atoms with Crippen molar-refractivity contribution in [2.24, 2.45) is 0 Å². The van der Waals surface area contributed by atoms with Gasteiger partial charge in [0.15, 0.2) is 0 Å². The minimum atomic E-state index is -0.268. The highest BCUT2D eigenvalue weighted by Crippen LogP contribution is 1.94. The van der Waals surface area contributed by atoms with Crippen LogP contribution in [0.25, 0.3) is 0 Å². The van der Waals surface area contributed by atoms with Crippen LogP contribution in [0, 0.1) is 0 Å². The lowest BCUT2D eigenvalue weighted by molar-refractivity contribution is -0.142. The molecule has 4 heteroatoms. The molecule has 0 spiro atoms. The Bertz CT molecular complexity index is 148. The lowest BCUT2D eigenvalue weighted by Gasteiger charge is -2.11. The van der Waals surface area contributed by atoms with Crippen LogP contribution in [0.2, 0.25) is 0 Å². The van der Waals surface area contributed by atoms with Crippen LogP contribution in [0.3, 0.4) is 0 Å². The average molecular weight is 189 g/mol. The highest BCUT2D eigenvalue weighted by molar-refractivity contribution is 5.74. The fourth-order valence-corrected chi connectivity index (χ4v) is 0.976. The zero-order valence-electron chi connectivity index (χ0n) is 8.54. The van der Waals surface area contributed by atoms with Gasteiger partial charge < -0.3 is 15.2 Å². The van der Waals surface area contributed by atoms with Crippen molar-refractivity contribution in [3.05, 3.63) is 0 Å². The number of rotatable bonds is 6. The van der Waals surface area contributed by atoms with Crippen molar-refractivity contribution in [3.63, 3.8) is 0 Å². The Morgan fingerprint density at radius 1 is 1.54 bits per heavy atom. The fraction of sp³-hybridized carbons (Fsp3) is 0.889. The number of hydrogen-bond donors (Lipinski definition) is 2. The van der Waals surface area contributed by atoms with Crippen LogP contribution >= 0.6 is 0 Å². The van der Waals surface area contributed by atoms with E-state index in [0.717, 1.165) is 19.4 Å². The van der Waals surface area contributed by atoms with E-state index in [1.54, 1.807) is 13.8 Å². The van der Waals surface area contributed by atoms with Crippen LogP contribution in [-0.4, -0.2) is 36.9 Å². The van der Waals surface area contributed by atoms with Gasteiger partial charge in [0.2, 0.25) is 0 Å². The predicted octanol–water partition coefficient (Wildman–Crippen LogP) is 0.298. The van der Waals surface area contributed by atoms with Gasteiger partial charge in [0.25, 0.3) is 0 Å². The second kappa shape index (κ2) is 6.86. The first-order chi connectivity index (χ1) is 6.07. The van der Waals surface area contributed by atoms with Gasteiger partial charge >= 0.3 is 5.97 Å². The predicted molar refractivity (Wildman–Crippen MR) is 50.4 cm³/mol. The maximum Gasteiger partial charge on any atom is 0.322 e. The number of esters is 1. The molecule has 0 bridgehead atoms. The van der Waals surface area contributed by atoms with Gasteiger partial charge in [-0.1, -0.05) is 0 Å². The van der Waals surface area contributed by atoms with E-state index in [0.29, 0.717) is 0 Å². The van der Waals surface area contributed by atoms with Gasteiger partial charge in [0.05, 0.1) is 13.2 Å². The molecular weight excluding hydrogens is 170 g/mol. The smallest absolute Gasteiger partial charge is 0.322 e. The van der Waals surface area contributed by atoms with E-state index >= 15 is 0 Å². The molecule has 0 fully saturated rings. The number of carbonyl (C=O) groups excluding carboxylic acids is 1. The van der Waals surface area contributed by atoms with Crippen molar-refractivity contribution in [1.29, 1.82) is 0 Å². The molecule has 0 aliphatic rings. The van der Waals surface area contributed by atoms with Crippen molar-refractivity contribution >= 4 is 5.97 Å². The first-order valence-corrected chi connectivity index (χ1v) is 4.57. The summed E-state index contributed by atoms with van der Waals surface area (Å²) in [6.45, 7) is 4.24. The Morgan fingerprint density at radius 3 is 2.62 bits per heavy atom. The van der Waals surface area contributed by atoms with Gasteiger partial charge in [-0.15, -0.1) is 0 Å². The molecule has 0 saturated carbocycles. The highest BCUT2D eigenvalue weighted by atomic mass is 16.5. The molecule has 0 amide bonds. The molecular formula is C9H19NO3. The first kappa shape index (κ1) is 12.4. The number of aliphatic hydroxyl groups excluding tert-OH is 1. The van der Waals surface area contributed by atoms with E-state index in [4.69, 9.17) is 5.11 Å². The molecule has 0 heterocycles. The van der Waals surface area contributed by atoms with Crippen LogP contribution in [0.5, 0.6) is 0 Å². The lowest BCUT2D eigenvalue weighted by atomic mass is 10.2. The van der Waals surface area contributed by atoms with Crippen LogP contribution < -0.4 is 5.32 Å².